The second kappa shape index (κ2) is 9.55. The molecule has 1 aromatic carbocycles. The highest BCUT2D eigenvalue weighted by molar-refractivity contribution is 5.79. The van der Waals surface area contributed by atoms with E-state index in [4.69, 9.17) is 9.26 Å². The fourth-order valence-corrected chi connectivity index (χ4v) is 3.61. The van der Waals surface area contributed by atoms with Crippen molar-refractivity contribution in [3.63, 3.8) is 0 Å². The first-order valence-corrected chi connectivity index (χ1v) is 9.84. The van der Waals surface area contributed by atoms with Crippen LogP contribution < -0.4 is 10.6 Å². The molecule has 146 valence electrons. The number of nitrogens with one attached hydrogen (secondary N) is 2. The third-order valence-electron chi connectivity index (χ3n) is 5.14. The maximum absolute atomic E-state index is 5.98. The van der Waals surface area contributed by atoms with Gasteiger partial charge in [0.25, 0.3) is 0 Å². The Morgan fingerprint density at radius 1 is 1.19 bits per heavy atom. The van der Waals surface area contributed by atoms with Crippen molar-refractivity contribution in [2.24, 2.45) is 10.9 Å². The number of guanidine groups is 1. The molecule has 0 amide bonds. The lowest BCUT2D eigenvalue weighted by Gasteiger charge is -2.21. The van der Waals surface area contributed by atoms with E-state index in [1.54, 1.807) is 7.05 Å². The summed E-state index contributed by atoms with van der Waals surface area (Å²) < 4.78 is 11.4. The summed E-state index contributed by atoms with van der Waals surface area (Å²) in [6, 6.07) is 10.5. The maximum Gasteiger partial charge on any atom is 0.191 e. The fourth-order valence-electron chi connectivity index (χ4n) is 3.61. The van der Waals surface area contributed by atoms with Crippen molar-refractivity contribution in [3.05, 3.63) is 52.9 Å². The van der Waals surface area contributed by atoms with Gasteiger partial charge in [-0.15, -0.1) is 0 Å². The zero-order chi connectivity index (χ0) is 19.1. The van der Waals surface area contributed by atoms with Gasteiger partial charge in [-0.2, -0.15) is 0 Å². The number of aromatic nitrogens is 1. The number of hydrogen-bond donors (Lipinski definition) is 2. The smallest absolute Gasteiger partial charge is 0.191 e. The van der Waals surface area contributed by atoms with E-state index in [1.807, 2.05) is 6.07 Å². The molecule has 0 saturated carbocycles. The summed E-state index contributed by atoms with van der Waals surface area (Å²) in [6.45, 7) is 6.47. The molecule has 1 aliphatic heterocycles. The molecular formula is C21H30N4O2. The van der Waals surface area contributed by atoms with Crippen molar-refractivity contribution in [2.75, 3.05) is 20.2 Å². The second-order valence-corrected chi connectivity index (χ2v) is 6.80. The van der Waals surface area contributed by atoms with Crippen LogP contribution in [0, 0.1) is 5.92 Å². The normalized spacial score (nSPS) is 20.0. The molecular weight excluding hydrogens is 340 g/mol. The lowest BCUT2D eigenvalue weighted by Crippen LogP contribution is -2.40. The van der Waals surface area contributed by atoms with Crippen LogP contribution in [0.15, 0.2) is 39.8 Å². The number of aliphatic imine (C=N–C) groups is 1. The lowest BCUT2D eigenvalue weighted by molar-refractivity contribution is 0.0915. The van der Waals surface area contributed by atoms with Gasteiger partial charge in [-0.1, -0.05) is 49.3 Å². The third-order valence-corrected chi connectivity index (χ3v) is 5.14. The number of hydrogen-bond acceptors (Lipinski definition) is 4. The van der Waals surface area contributed by atoms with E-state index in [9.17, 15) is 0 Å². The van der Waals surface area contributed by atoms with Gasteiger partial charge in [-0.05, 0) is 18.4 Å². The molecule has 2 aromatic rings. The van der Waals surface area contributed by atoms with Crippen LogP contribution in [0.1, 0.15) is 49.0 Å². The Kier molecular flexibility index (Phi) is 6.87. The van der Waals surface area contributed by atoms with Gasteiger partial charge in [0, 0.05) is 44.6 Å². The number of nitrogens with zero attached hydrogens (tertiary/aromatic N) is 2. The largest absolute Gasteiger partial charge is 0.373 e. The van der Waals surface area contributed by atoms with Crippen molar-refractivity contribution in [1.82, 2.24) is 15.8 Å². The highest BCUT2D eigenvalue weighted by atomic mass is 16.5. The van der Waals surface area contributed by atoms with Crippen molar-refractivity contribution >= 4 is 5.96 Å². The van der Waals surface area contributed by atoms with Crippen molar-refractivity contribution in [1.29, 1.82) is 0 Å². The summed E-state index contributed by atoms with van der Waals surface area (Å²) in [5.74, 6) is 2.17. The first kappa shape index (κ1) is 19.4. The molecule has 1 fully saturated rings. The highest BCUT2D eigenvalue weighted by Crippen LogP contribution is 2.33. The monoisotopic (exact) mass is 370 g/mol. The van der Waals surface area contributed by atoms with Crippen molar-refractivity contribution < 1.29 is 9.26 Å². The van der Waals surface area contributed by atoms with E-state index in [-0.39, 0.29) is 6.10 Å². The Labute approximate surface area is 161 Å². The first-order chi connectivity index (χ1) is 13.3. The van der Waals surface area contributed by atoms with Gasteiger partial charge in [0.15, 0.2) is 5.96 Å². The van der Waals surface area contributed by atoms with Gasteiger partial charge in [0.2, 0.25) is 0 Å². The number of aryl methyl sites for hydroxylation is 2. The standard InChI is InChI=1S/C21H30N4O2/c1-4-18-17(19(5-2)27-25-18)14-24-21(22-3)23-13-16-11-12-26-20(16)15-9-7-6-8-10-15/h6-10,16,20H,4-5,11-14H2,1-3H3,(H2,22,23,24). The summed E-state index contributed by atoms with van der Waals surface area (Å²) in [4.78, 5) is 4.36. The number of ether oxygens (including phenoxy) is 1. The molecule has 6 nitrogen and oxygen atoms in total. The molecule has 2 heterocycles. The third kappa shape index (κ3) is 4.69. The quantitative estimate of drug-likeness (QED) is 0.578. The fraction of sp³-hybridized carbons (Fsp3) is 0.524. The topological polar surface area (TPSA) is 71.7 Å². The van der Waals surface area contributed by atoms with Crippen LogP contribution >= 0.6 is 0 Å². The molecule has 0 spiro atoms. The Morgan fingerprint density at radius 2 is 2.00 bits per heavy atom. The summed E-state index contributed by atoms with van der Waals surface area (Å²) in [5.41, 5.74) is 3.41. The highest BCUT2D eigenvalue weighted by Gasteiger charge is 2.29. The van der Waals surface area contributed by atoms with E-state index in [1.165, 1.54) is 5.56 Å². The van der Waals surface area contributed by atoms with E-state index in [0.717, 1.165) is 55.4 Å². The number of benzene rings is 1. The Morgan fingerprint density at radius 3 is 2.70 bits per heavy atom. The molecule has 1 aromatic heterocycles. The Bertz CT molecular complexity index is 720. The van der Waals surface area contributed by atoms with E-state index in [2.05, 4.69) is 58.9 Å². The molecule has 1 saturated heterocycles. The molecule has 0 bridgehead atoms. The van der Waals surface area contributed by atoms with Crippen LogP contribution in [0.25, 0.3) is 0 Å². The van der Waals surface area contributed by atoms with Crippen LogP contribution in [0.5, 0.6) is 0 Å². The average Bonchev–Trinajstić information content (AvgIpc) is 3.35. The molecule has 0 aliphatic carbocycles. The van der Waals surface area contributed by atoms with Gasteiger partial charge in [-0.3, -0.25) is 4.99 Å². The van der Waals surface area contributed by atoms with Crippen LogP contribution in [0.2, 0.25) is 0 Å². The molecule has 1 aliphatic rings. The average molecular weight is 370 g/mol. The minimum absolute atomic E-state index is 0.147. The zero-order valence-electron chi connectivity index (χ0n) is 16.5. The van der Waals surface area contributed by atoms with Gasteiger partial charge in [0.05, 0.1) is 11.8 Å². The molecule has 2 N–H and O–H groups in total. The minimum Gasteiger partial charge on any atom is -0.373 e. The Hall–Kier alpha value is -2.34. The Balaban J connectivity index is 1.56. The first-order valence-electron chi connectivity index (χ1n) is 9.84. The van der Waals surface area contributed by atoms with Crippen LogP contribution in [-0.4, -0.2) is 31.3 Å². The predicted molar refractivity (Wildman–Crippen MR) is 107 cm³/mol. The van der Waals surface area contributed by atoms with Crippen LogP contribution in [0.3, 0.4) is 0 Å². The SMILES string of the molecule is CCc1noc(CC)c1CNC(=NC)NCC1CCOC1c1ccccc1. The molecule has 27 heavy (non-hydrogen) atoms. The minimum atomic E-state index is 0.147. The van der Waals surface area contributed by atoms with Crippen LogP contribution in [0.4, 0.5) is 0 Å². The van der Waals surface area contributed by atoms with Gasteiger partial charge in [-0.25, -0.2) is 0 Å². The van der Waals surface area contributed by atoms with E-state index < -0.39 is 0 Å². The predicted octanol–water partition coefficient (Wildman–Crippen LogP) is 3.24. The molecule has 0 radical (unpaired) electrons. The van der Waals surface area contributed by atoms with Crippen LogP contribution in [-0.2, 0) is 24.1 Å². The van der Waals surface area contributed by atoms with E-state index >= 15 is 0 Å². The second-order valence-electron chi connectivity index (χ2n) is 6.80. The summed E-state index contributed by atoms with van der Waals surface area (Å²) in [7, 11) is 1.80. The molecule has 2 unspecified atom stereocenters. The van der Waals surface area contributed by atoms with Crippen molar-refractivity contribution in [3.8, 4) is 0 Å². The molecule has 2 atom stereocenters. The van der Waals surface area contributed by atoms with Crippen molar-refractivity contribution in [2.45, 2.75) is 45.8 Å². The van der Waals surface area contributed by atoms with E-state index in [0.29, 0.717) is 12.5 Å². The molecule has 3 rings (SSSR count). The van der Waals surface area contributed by atoms with Gasteiger partial charge < -0.3 is 19.9 Å². The van der Waals surface area contributed by atoms with Gasteiger partial charge >= 0.3 is 0 Å². The lowest BCUT2D eigenvalue weighted by atomic mass is 9.95. The maximum atomic E-state index is 5.98. The zero-order valence-corrected chi connectivity index (χ0v) is 16.5. The summed E-state index contributed by atoms with van der Waals surface area (Å²) in [6.07, 6.45) is 2.90. The van der Waals surface area contributed by atoms with Gasteiger partial charge in [0.1, 0.15) is 5.76 Å². The summed E-state index contributed by atoms with van der Waals surface area (Å²) >= 11 is 0. The molecule has 6 heteroatoms. The number of rotatable bonds is 7. The summed E-state index contributed by atoms with van der Waals surface area (Å²) in [5, 5.41) is 11.0.